The maximum Gasteiger partial charge on any atom is 0.107 e. The molecule has 1 heteroatoms. The third-order valence-corrected chi connectivity index (χ3v) is 4.05. The van der Waals surface area contributed by atoms with Crippen LogP contribution >= 0.6 is 15.9 Å². The van der Waals surface area contributed by atoms with Gasteiger partial charge < -0.3 is 0 Å². The van der Waals surface area contributed by atoms with E-state index >= 15 is 0 Å². The lowest BCUT2D eigenvalue weighted by molar-refractivity contribution is 0.810. The minimum atomic E-state index is -0.479. The van der Waals surface area contributed by atoms with Crippen molar-refractivity contribution in [1.82, 2.24) is 0 Å². The summed E-state index contributed by atoms with van der Waals surface area (Å²) in [5.74, 6) is 3.41. The zero-order chi connectivity index (χ0) is 15.3. The van der Waals surface area contributed by atoms with Crippen LogP contribution in [0.5, 0.6) is 0 Å². The molecule has 0 unspecified atom stereocenters. The normalized spacial score (nSPS) is 10.6. The Morgan fingerprint density at radius 1 is 0.545 bits per heavy atom. The first kappa shape index (κ1) is 14.6. The summed E-state index contributed by atoms with van der Waals surface area (Å²) >= 11 is 3.32. The molecular formula is C21H15Br. The van der Waals surface area contributed by atoms with Crippen LogP contribution in [0.2, 0.25) is 0 Å². The molecule has 0 radical (unpaired) electrons. The van der Waals surface area contributed by atoms with Crippen molar-refractivity contribution in [2.75, 3.05) is 0 Å². The molecule has 0 aromatic heterocycles. The average molecular weight is 347 g/mol. The van der Waals surface area contributed by atoms with E-state index in [0.717, 1.165) is 0 Å². The Labute approximate surface area is 140 Å². The molecule has 0 aliphatic heterocycles. The molecule has 106 valence electrons. The van der Waals surface area contributed by atoms with Crippen LogP contribution in [-0.4, -0.2) is 0 Å². The van der Waals surface area contributed by atoms with E-state index in [2.05, 4.69) is 99.5 Å². The summed E-state index contributed by atoms with van der Waals surface area (Å²) < 4.78 is 0. The molecule has 0 bridgehead atoms. The molecule has 0 fully saturated rings. The first-order valence-corrected chi connectivity index (χ1v) is 7.96. The molecule has 3 aromatic carbocycles. The molecule has 0 saturated heterocycles. The first-order chi connectivity index (χ1) is 10.9. The van der Waals surface area contributed by atoms with Gasteiger partial charge in [0.05, 0.1) is 0 Å². The molecular weight excluding hydrogens is 332 g/mol. The highest BCUT2D eigenvalue weighted by molar-refractivity contribution is 9.12. The zero-order valence-corrected chi connectivity index (χ0v) is 13.6. The Hall–Kier alpha value is -2.30. The molecule has 0 nitrogen and oxygen atoms in total. The summed E-state index contributed by atoms with van der Waals surface area (Å²) in [6.45, 7) is 0. The SMILES string of the molecule is BrC#CC(c1ccccc1)(c1ccccc1)c1ccccc1. The van der Waals surface area contributed by atoms with Crippen molar-refractivity contribution in [3.8, 4) is 10.8 Å². The van der Waals surface area contributed by atoms with E-state index < -0.39 is 5.41 Å². The predicted octanol–water partition coefficient (Wildman–Crippen LogP) is 5.38. The van der Waals surface area contributed by atoms with Gasteiger partial charge in [-0.15, -0.1) is 0 Å². The molecule has 0 spiro atoms. The van der Waals surface area contributed by atoms with E-state index in [-0.39, 0.29) is 0 Å². The molecule has 0 amide bonds. The van der Waals surface area contributed by atoms with Crippen LogP contribution in [0.25, 0.3) is 0 Å². The largest absolute Gasteiger partial charge is 0.107 e. The highest BCUT2D eigenvalue weighted by atomic mass is 79.9. The Morgan fingerprint density at radius 3 is 1.14 bits per heavy atom. The maximum absolute atomic E-state index is 3.41. The fourth-order valence-corrected chi connectivity index (χ4v) is 3.15. The van der Waals surface area contributed by atoms with Crippen LogP contribution in [0.4, 0.5) is 0 Å². The molecule has 22 heavy (non-hydrogen) atoms. The highest BCUT2D eigenvalue weighted by Gasteiger charge is 2.34. The Balaban J connectivity index is 2.36. The number of halogens is 1. The smallest absolute Gasteiger partial charge is 0.0694 e. The molecule has 0 saturated carbocycles. The third kappa shape index (κ3) is 2.58. The van der Waals surface area contributed by atoms with Gasteiger partial charge in [0.25, 0.3) is 0 Å². The van der Waals surface area contributed by atoms with Gasteiger partial charge in [0.15, 0.2) is 0 Å². The van der Waals surface area contributed by atoms with Crippen LogP contribution in [0.1, 0.15) is 16.7 Å². The monoisotopic (exact) mass is 346 g/mol. The van der Waals surface area contributed by atoms with E-state index in [1.165, 1.54) is 16.7 Å². The fraction of sp³-hybridized carbons (Fsp3) is 0.0476. The van der Waals surface area contributed by atoms with Crippen molar-refractivity contribution in [1.29, 1.82) is 0 Å². The van der Waals surface area contributed by atoms with E-state index in [4.69, 9.17) is 0 Å². The number of hydrogen-bond acceptors (Lipinski definition) is 0. The zero-order valence-electron chi connectivity index (χ0n) is 12.0. The van der Waals surface area contributed by atoms with Gasteiger partial charge in [-0.05, 0) is 21.5 Å². The molecule has 0 heterocycles. The van der Waals surface area contributed by atoms with Crippen LogP contribution in [0.3, 0.4) is 0 Å². The second kappa shape index (κ2) is 6.64. The first-order valence-electron chi connectivity index (χ1n) is 7.17. The van der Waals surface area contributed by atoms with Crippen molar-refractivity contribution < 1.29 is 0 Å². The number of hydrogen-bond donors (Lipinski definition) is 0. The second-order valence-corrected chi connectivity index (χ2v) is 5.46. The van der Waals surface area contributed by atoms with Crippen molar-refractivity contribution in [3.05, 3.63) is 108 Å². The Bertz CT molecular complexity index is 684. The summed E-state index contributed by atoms with van der Waals surface area (Å²) in [6.07, 6.45) is 0. The predicted molar refractivity (Wildman–Crippen MR) is 95.9 cm³/mol. The second-order valence-electron chi connectivity index (χ2n) is 5.07. The van der Waals surface area contributed by atoms with Gasteiger partial charge in [-0.2, -0.15) is 0 Å². The lowest BCUT2D eigenvalue weighted by Crippen LogP contribution is -2.27. The molecule has 0 N–H and O–H groups in total. The summed E-state index contributed by atoms with van der Waals surface area (Å²) in [7, 11) is 0. The third-order valence-electron chi connectivity index (χ3n) is 3.86. The lowest BCUT2D eigenvalue weighted by atomic mass is 9.70. The van der Waals surface area contributed by atoms with Gasteiger partial charge in [0, 0.05) is 15.9 Å². The topological polar surface area (TPSA) is 0 Å². The van der Waals surface area contributed by atoms with Crippen molar-refractivity contribution in [2.45, 2.75) is 5.41 Å². The van der Waals surface area contributed by atoms with E-state index in [9.17, 15) is 0 Å². The van der Waals surface area contributed by atoms with Crippen LogP contribution < -0.4 is 0 Å². The summed E-state index contributed by atoms with van der Waals surface area (Å²) in [6, 6.07) is 31.3. The van der Waals surface area contributed by atoms with Gasteiger partial charge in [-0.1, -0.05) is 96.9 Å². The molecule has 0 aliphatic rings. The minimum absolute atomic E-state index is 0.479. The highest BCUT2D eigenvalue weighted by Crippen LogP contribution is 2.38. The minimum Gasteiger partial charge on any atom is -0.0694 e. The summed E-state index contributed by atoms with van der Waals surface area (Å²) in [4.78, 5) is 2.97. The number of benzene rings is 3. The molecule has 0 aliphatic carbocycles. The standard InChI is InChI=1S/C21H15Br/c22-17-16-21(18-10-4-1-5-11-18,19-12-6-2-7-13-19)20-14-8-3-9-15-20/h1-15H. The van der Waals surface area contributed by atoms with Gasteiger partial charge >= 0.3 is 0 Å². The van der Waals surface area contributed by atoms with Crippen molar-refractivity contribution in [3.63, 3.8) is 0 Å². The van der Waals surface area contributed by atoms with E-state index in [1.54, 1.807) is 0 Å². The molecule has 0 atom stereocenters. The van der Waals surface area contributed by atoms with Gasteiger partial charge in [-0.25, -0.2) is 0 Å². The Kier molecular flexibility index (Phi) is 4.42. The molecule has 3 rings (SSSR count). The van der Waals surface area contributed by atoms with Crippen molar-refractivity contribution in [2.24, 2.45) is 0 Å². The number of rotatable bonds is 3. The van der Waals surface area contributed by atoms with E-state index in [1.807, 2.05) is 18.2 Å². The summed E-state index contributed by atoms with van der Waals surface area (Å²) in [5.41, 5.74) is 3.02. The van der Waals surface area contributed by atoms with Crippen LogP contribution in [-0.2, 0) is 5.41 Å². The fourth-order valence-electron chi connectivity index (χ4n) is 2.85. The van der Waals surface area contributed by atoms with Gasteiger partial charge in [0.2, 0.25) is 0 Å². The van der Waals surface area contributed by atoms with Crippen LogP contribution in [0, 0.1) is 10.8 Å². The van der Waals surface area contributed by atoms with E-state index in [0.29, 0.717) is 0 Å². The Morgan fingerprint density at radius 2 is 0.864 bits per heavy atom. The average Bonchev–Trinajstić information content (AvgIpc) is 2.62. The van der Waals surface area contributed by atoms with Crippen molar-refractivity contribution >= 4 is 15.9 Å². The molecule has 3 aromatic rings. The van der Waals surface area contributed by atoms with Crippen LogP contribution in [0.15, 0.2) is 91.0 Å². The lowest BCUT2D eigenvalue weighted by Gasteiger charge is -2.30. The van der Waals surface area contributed by atoms with Gasteiger partial charge in [-0.3, -0.25) is 0 Å². The maximum atomic E-state index is 3.41. The summed E-state index contributed by atoms with van der Waals surface area (Å²) in [5, 5.41) is 0. The quantitative estimate of drug-likeness (QED) is 0.441. The van der Waals surface area contributed by atoms with Gasteiger partial charge in [0.1, 0.15) is 5.41 Å².